The Balaban J connectivity index is 2.27. The lowest BCUT2D eigenvalue weighted by Gasteiger charge is -2.33. The summed E-state index contributed by atoms with van der Waals surface area (Å²) in [6.45, 7) is 3.36. The van der Waals surface area contributed by atoms with Gasteiger partial charge < -0.3 is 15.0 Å². The van der Waals surface area contributed by atoms with Gasteiger partial charge in [-0.3, -0.25) is 9.10 Å². The number of benzene rings is 1. The van der Waals surface area contributed by atoms with Crippen molar-refractivity contribution in [1.82, 2.24) is 10.2 Å². The Bertz CT molecular complexity index is 748. The van der Waals surface area contributed by atoms with E-state index in [4.69, 9.17) is 16.3 Å². The quantitative estimate of drug-likeness (QED) is 0.782. The molecular formula is C17H26ClN3O4S. The van der Waals surface area contributed by atoms with Gasteiger partial charge in [-0.05, 0) is 58.1 Å². The number of methoxy groups -OCH3 is 1. The molecule has 1 aliphatic rings. The predicted molar refractivity (Wildman–Crippen MR) is 103 cm³/mol. The molecule has 1 fully saturated rings. The summed E-state index contributed by atoms with van der Waals surface area (Å²) in [7, 11) is -0.255. The summed E-state index contributed by atoms with van der Waals surface area (Å²) in [5, 5.41) is 3.33. The van der Waals surface area contributed by atoms with Gasteiger partial charge in [-0.15, -0.1) is 0 Å². The number of halogens is 1. The van der Waals surface area contributed by atoms with Crippen LogP contribution in [0.3, 0.4) is 0 Å². The van der Waals surface area contributed by atoms with Crippen molar-refractivity contribution in [2.45, 2.75) is 31.8 Å². The van der Waals surface area contributed by atoms with Crippen LogP contribution >= 0.6 is 11.6 Å². The van der Waals surface area contributed by atoms with Crippen molar-refractivity contribution in [2.24, 2.45) is 0 Å². The fraction of sp³-hybridized carbons (Fsp3) is 0.588. The van der Waals surface area contributed by atoms with Crippen LogP contribution in [0.5, 0.6) is 5.75 Å². The molecule has 26 heavy (non-hydrogen) atoms. The molecule has 1 aromatic carbocycles. The second-order valence-electron chi connectivity index (χ2n) is 6.64. The summed E-state index contributed by atoms with van der Waals surface area (Å²) < 4.78 is 31.2. The lowest BCUT2D eigenvalue weighted by Crippen LogP contribution is -2.52. The minimum absolute atomic E-state index is 0.0452. The highest BCUT2D eigenvalue weighted by Crippen LogP contribution is 2.34. The number of hydrogen-bond acceptors (Lipinski definition) is 5. The van der Waals surface area contributed by atoms with Gasteiger partial charge in [-0.1, -0.05) is 11.6 Å². The van der Waals surface area contributed by atoms with E-state index in [1.165, 1.54) is 13.2 Å². The largest absolute Gasteiger partial charge is 0.495 e. The Morgan fingerprint density at radius 1 is 1.38 bits per heavy atom. The Morgan fingerprint density at radius 3 is 2.54 bits per heavy atom. The van der Waals surface area contributed by atoms with Gasteiger partial charge in [0, 0.05) is 11.1 Å². The number of rotatable bonds is 6. The first kappa shape index (κ1) is 20.8. The maximum absolute atomic E-state index is 12.7. The minimum Gasteiger partial charge on any atom is -0.495 e. The van der Waals surface area contributed by atoms with Crippen LogP contribution in [0.1, 0.15) is 19.8 Å². The van der Waals surface area contributed by atoms with Crippen molar-refractivity contribution in [3.05, 3.63) is 23.2 Å². The van der Waals surface area contributed by atoms with Gasteiger partial charge in [0.15, 0.2) is 0 Å². The summed E-state index contributed by atoms with van der Waals surface area (Å²) in [5.74, 6) is -0.00854. The Hall–Kier alpha value is -1.51. The van der Waals surface area contributed by atoms with Gasteiger partial charge in [0.25, 0.3) is 0 Å². The van der Waals surface area contributed by atoms with E-state index >= 15 is 0 Å². The number of likely N-dealkylation sites (tertiary alicyclic amines) is 1. The van der Waals surface area contributed by atoms with E-state index in [0.29, 0.717) is 10.8 Å². The summed E-state index contributed by atoms with van der Waals surface area (Å²) in [6.07, 6.45) is 2.75. The second kappa shape index (κ2) is 8.45. The molecule has 0 saturated carbocycles. The summed E-state index contributed by atoms with van der Waals surface area (Å²) in [6, 6.07) is 3.78. The van der Waals surface area contributed by atoms with Gasteiger partial charge in [0.05, 0.1) is 19.1 Å². The molecule has 2 rings (SSSR count). The van der Waals surface area contributed by atoms with Gasteiger partial charge in [-0.2, -0.15) is 0 Å². The van der Waals surface area contributed by atoms with Gasteiger partial charge in [0.2, 0.25) is 15.9 Å². The highest BCUT2D eigenvalue weighted by atomic mass is 35.5. The molecule has 9 heteroatoms. The minimum atomic E-state index is -3.74. The fourth-order valence-corrected chi connectivity index (χ4v) is 4.43. The molecule has 1 aromatic rings. The van der Waals surface area contributed by atoms with E-state index < -0.39 is 16.1 Å². The highest BCUT2D eigenvalue weighted by molar-refractivity contribution is 7.92. The van der Waals surface area contributed by atoms with Crippen molar-refractivity contribution in [3.8, 4) is 5.75 Å². The van der Waals surface area contributed by atoms with Crippen molar-refractivity contribution < 1.29 is 17.9 Å². The zero-order valence-electron chi connectivity index (χ0n) is 15.5. The SMILES string of the molecule is COc1ccc(Cl)cc1N([C@@H](C)C(=O)NC1CCN(C)CC1)S(C)(=O)=O. The van der Waals surface area contributed by atoms with Crippen LogP contribution in [0.25, 0.3) is 0 Å². The maximum atomic E-state index is 12.7. The molecule has 0 aromatic heterocycles. The second-order valence-corrected chi connectivity index (χ2v) is 8.93. The molecule has 1 aliphatic heterocycles. The van der Waals surface area contributed by atoms with E-state index in [1.807, 2.05) is 7.05 Å². The van der Waals surface area contributed by atoms with Crippen LogP contribution in [0.15, 0.2) is 18.2 Å². The van der Waals surface area contributed by atoms with Crippen LogP contribution in [0.4, 0.5) is 5.69 Å². The van der Waals surface area contributed by atoms with Gasteiger partial charge >= 0.3 is 0 Å². The topological polar surface area (TPSA) is 79.0 Å². The van der Waals surface area contributed by atoms with Crippen LogP contribution in [0.2, 0.25) is 5.02 Å². The Kier molecular flexibility index (Phi) is 6.76. The van der Waals surface area contributed by atoms with Crippen molar-refractivity contribution in [3.63, 3.8) is 0 Å². The van der Waals surface area contributed by atoms with Gasteiger partial charge in [-0.25, -0.2) is 8.42 Å². The van der Waals surface area contributed by atoms with Crippen LogP contribution in [-0.2, 0) is 14.8 Å². The molecule has 0 aliphatic carbocycles. The molecule has 1 amide bonds. The maximum Gasteiger partial charge on any atom is 0.243 e. The summed E-state index contributed by atoms with van der Waals surface area (Å²) in [4.78, 5) is 14.9. The average Bonchev–Trinajstić information content (AvgIpc) is 2.56. The first-order valence-corrected chi connectivity index (χ1v) is 10.7. The molecule has 1 heterocycles. The van der Waals surface area contributed by atoms with Gasteiger partial charge in [0.1, 0.15) is 11.8 Å². The smallest absolute Gasteiger partial charge is 0.243 e. The number of carbonyl (C=O) groups excluding carboxylic acids is 1. The first-order valence-electron chi connectivity index (χ1n) is 8.45. The van der Waals surface area contributed by atoms with E-state index in [0.717, 1.165) is 36.5 Å². The number of sulfonamides is 1. The Morgan fingerprint density at radius 2 is 2.00 bits per heavy atom. The van der Waals surface area contributed by atoms with Crippen LogP contribution in [-0.4, -0.2) is 64.8 Å². The molecule has 1 atom stereocenters. The molecule has 0 bridgehead atoms. The third kappa shape index (κ3) is 5.02. The normalized spacial score (nSPS) is 17.6. The van der Waals surface area contributed by atoms with E-state index in [-0.39, 0.29) is 17.6 Å². The van der Waals surface area contributed by atoms with Crippen LogP contribution < -0.4 is 14.4 Å². The number of piperidine rings is 1. The third-order valence-electron chi connectivity index (χ3n) is 4.53. The van der Waals surface area contributed by atoms with E-state index in [2.05, 4.69) is 10.2 Å². The zero-order chi connectivity index (χ0) is 19.5. The number of ether oxygens (including phenoxy) is 1. The van der Waals surface area contributed by atoms with Crippen molar-refractivity contribution in [2.75, 3.05) is 37.8 Å². The average molecular weight is 404 g/mol. The third-order valence-corrected chi connectivity index (χ3v) is 5.99. The highest BCUT2D eigenvalue weighted by Gasteiger charge is 2.32. The molecule has 0 unspecified atom stereocenters. The molecular weight excluding hydrogens is 378 g/mol. The number of carbonyl (C=O) groups is 1. The fourth-order valence-electron chi connectivity index (χ4n) is 3.09. The molecule has 0 spiro atoms. The molecule has 146 valence electrons. The van der Waals surface area contributed by atoms with E-state index in [1.54, 1.807) is 19.1 Å². The standard InChI is InChI=1S/C17H26ClN3O4S/c1-12(17(22)19-14-7-9-20(2)10-8-14)21(26(4,23)24)15-11-13(18)5-6-16(15)25-3/h5-6,11-12,14H,7-10H2,1-4H3,(H,19,22)/t12-/m0/s1. The monoisotopic (exact) mass is 403 g/mol. The number of nitrogens with one attached hydrogen (secondary N) is 1. The summed E-state index contributed by atoms with van der Waals surface area (Å²) >= 11 is 6.04. The molecule has 7 nitrogen and oxygen atoms in total. The number of anilines is 1. The number of amides is 1. The van der Waals surface area contributed by atoms with Crippen molar-refractivity contribution >= 4 is 33.2 Å². The first-order chi connectivity index (χ1) is 12.1. The number of nitrogens with zero attached hydrogens (tertiary/aromatic N) is 2. The molecule has 1 N–H and O–H groups in total. The van der Waals surface area contributed by atoms with Crippen LogP contribution in [0, 0.1) is 0 Å². The zero-order valence-corrected chi connectivity index (χ0v) is 17.1. The lowest BCUT2D eigenvalue weighted by molar-refractivity contribution is -0.122. The van der Waals surface area contributed by atoms with E-state index in [9.17, 15) is 13.2 Å². The summed E-state index contributed by atoms with van der Waals surface area (Å²) in [5.41, 5.74) is 0.244. The predicted octanol–water partition coefficient (Wildman–Crippen LogP) is 1.71. The number of hydrogen-bond donors (Lipinski definition) is 1. The lowest BCUT2D eigenvalue weighted by atomic mass is 10.1. The van der Waals surface area contributed by atoms with Crippen molar-refractivity contribution in [1.29, 1.82) is 0 Å². The Labute approximate surface area is 160 Å². The molecule has 1 saturated heterocycles. The molecule has 0 radical (unpaired) electrons.